The van der Waals surface area contributed by atoms with E-state index in [0.29, 0.717) is 5.56 Å². The van der Waals surface area contributed by atoms with Crippen molar-refractivity contribution in [1.29, 1.82) is 5.26 Å². The summed E-state index contributed by atoms with van der Waals surface area (Å²) in [5.74, 6) is -0.250. The number of nitro groups is 1. The maximum absolute atomic E-state index is 12.2. The first-order chi connectivity index (χ1) is 10.1. The van der Waals surface area contributed by atoms with Gasteiger partial charge in [-0.25, -0.2) is 0 Å². The van der Waals surface area contributed by atoms with E-state index in [4.69, 9.17) is 5.26 Å². The highest BCUT2D eigenvalue weighted by atomic mass is 32.2. The Balaban J connectivity index is 2.02. The number of nitrogens with one attached hydrogen (secondary N) is 1. The molecule has 1 aromatic carbocycles. The van der Waals surface area contributed by atoms with Gasteiger partial charge in [0.05, 0.1) is 4.92 Å². The average Bonchev–Trinajstić information content (AvgIpc) is 2.49. The van der Waals surface area contributed by atoms with Crippen LogP contribution in [0.2, 0.25) is 0 Å². The SMILES string of the molecule is N#CS[C@@H]1CCCC[C@H]1NC(=O)c1ccc([N+](=O)[O-])cc1. The molecule has 7 heteroatoms. The van der Waals surface area contributed by atoms with Crippen molar-refractivity contribution in [2.45, 2.75) is 37.0 Å². The molecule has 21 heavy (non-hydrogen) atoms. The van der Waals surface area contributed by atoms with Crippen LogP contribution in [0.15, 0.2) is 24.3 Å². The molecule has 0 spiro atoms. The highest BCUT2D eigenvalue weighted by molar-refractivity contribution is 8.04. The van der Waals surface area contributed by atoms with E-state index < -0.39 is 4.92 Å². The van der Waals surface area contributed by atoms with E-state index in [2.05, 4.69) is 10.7 Å². The molecule has 1 N–H and O–H groups in total. The Hall–Kier alpha value is -2.07. The second-order valence-corrected chi connectivity index (χ2v) is 5.94. The van der Waals surface area contributed by atoms with Crippen LogP contribution >= 0.6 is 11.8 Å². The minimum Gasteiger partial charge on any atom is -0.348 e. The number of carbonyl (C=O) groups is 1. The van der Waals surface area contributed by atoms with Gasteiger partial charge in [0.1, 0.15) is 5.40 Å². The number of benzene rings is 1. The third kappa shape index (κ3) is 3.95. The molecule has 1 aliphatic carbocycles. The molecule has 1 amide bonds. The van der Waals surface area contributed by atoms with Crippen molar-refractivity contribution in [3.63, 3.8) is 0 Å². The standard InChI is InChI=1S/C14H15N3O3S/c15-9-21-13-4-2-1-3-12(13)16-14(18)10-5-7-11(8-6-10)17(19)20/h5-8,12-13H,1-4H2,(H,16,18)/t12-,13-/m1/s1. The maximum Gasteiger partial charge on any atom is 0.269 e. The lowest BCUT2D eigenvalue weighted by Crippen LogP contribution is -2.43. The van der Waals surface area contributed by atoms with Gasteiger partial charge in [0.25, 0.3) is 11.6 Å². The zero-order chi connectivity index (χ0) is 15.2. The predicted octanol–water partition coefficient (Wildman–Crippen LogP) is 2.85. The van der Waals surface area contributed by atoms with Crippen LogP contribution < -0.4 is 5.32 Å². The number of thioether (sulfide) groups is 1. The first-order valence-electron chi connectivity index (χ1n) is 6.72. The lowest BCUT2D eigenvalue weighted by Gasteiger charge is -2.29. The molecule has 6 nitrogen and oxygen atoms in total. The highest BCUT2D eigenvalue weighted by Gasteiger charge is 2.27. The van der Waals surface area contributed by atoms with Crippen molar-refractivity contribution in [1.82, 2.24) is 5.32 Å². The molecule has 0 unspecified atom stereocenters. The molecule has 0 aromatic heterocycles. The lowest BCUT2D eigenvalue weighted by atomic mass is 9.94. The molecule has 2 atom stereocenters. The van der Waals surface area contributed by atoms with Gasteiger partial charge < -0.3 is 5.32 Å². The van der Waals surface area contributed by atoms with Crippen LogP contribution in [0.1, 0.15) is 36.0 Å². The topological polar surface area (TPSA) is 96.0 Å². The van der Waals surface area contributed by atoms with E-state index in [-0.39, 0.29) is 22.9 Å². The van der Waals surface area contributed by atoms with E-state index in [1.165, 1.54) is 36.0 Å². The average molecular weight is 305 g/mol. The predicted molar refractivity (Wildman–Crippen MR) is 79.8 cm³/mol. The van der Waals surface area contributed by atoms with Gasteiger partial charge in [-0.15, -0.1) is 0 Å². The summed E-state index contributed by atoms with van der Waals surface area (Å²) in [6, 6.07) is 5.51. The van der Waals surface area contributed by atoms with Crippen LogP contribution in [0.5, 0.6) is 0 Å². The molecule has 110 valence electrons. The van der Waals surface area contributed by atoms with Crippen LogP contribution in [-0.4, -0.2) is 22.1 Å². The summed E-state index contributed by atoms with van der Waals surface area (Å²) in [5.41, 5.74) is 0.356. The number of nitrogens with zero attached hydrogens (tertiary/aromatic N) is 2. The first-order valence-corrected chi connectivity index (χ1v) is 7.60. The Morgan fingerprint density at radius 2 is 2.00 bits per heavy atom. The number of nitriles is 1. The fourth-order valence-corrected chi connectivity index (χ4v) is 3.25. The van der Waals surface area contributed by atoms with Crippen molar-refractivity contribution in [2.75, 3.05) is 0 Å². The molecule has 1 aliphatic rings. The van der Waals surface area contributed by atoms with Gasteiger partial charge in [-0.05, 0) is 36.7 Å². The molecule has 2 rings (SSSR count). The molecular weight excluding hydrogens is 290 g/mol. The van der Waals surface area contributed by atoms with Crippen LogP contribution in [0.3, 0.4) is 0 Å². The molecule has 0 heterocycles. The Kier molecular flexibility index (Phi) is 5.17. The fourth-order valence-electron chi connectivity index (χ4n) is 2.46. The zero-order valence-corrected chi connectivity index (χ0v) is 12.1. The monoisotopic (exact) mass is 305 g/mol. The Labute approximate surface area is 126 Å². The largest absolute Gasteiger partial charge is 0.348 e. The number of non-ortho nitro benzene ring substituents is 1. The number of thiocyanates is 1. The number of hydrogen-bond acceptors (Lipinski definition) is 5. The molecule has 1 fully saturated rings. The van der Waals surface area contributed by atoms with Gasteiger partial charge in [-0.2, -0.15) is 5.26 Å². The summed E-state index contributed by atoms with van der Waals surface area (Å²) < 4.78 is 0. The fraction of sp³-hybridized carbons (Fsp3) is 0.429. The summed E-state index contributed by atoms with van der Waals surface area (Å²) >= 11 is 1.21. The second kappa shape index (κ2) is 7.09. The lowest BCUT2D eigenvalue weighted by molar-refractivity contribution is -0.384. The molecule has 0 bridgehead atoms. The number of amides is 1. The molecule has 0 aliphatic heterocycles. The minimum atomic E-state index is -0.498. The number of hydrogen-bond donors (Lipinski definition) is 1. The quantitative estimate of drug-likeness (QED) is 0.524. The Morgan fingerprint density at radius 1 is 1.33 bits per heavy atom. The van der Waals surface area contributed by atoms with Gasteiger partial charge in [0.2, 0.25) is 0 Å². The van der Waals surface area contributed by atoms with Gasteiger partial charge in [0, 0.05) is 29.0 Å². The molecule has 0 radical (unpaired) electrons. The van der Waals surface area contributed by atoms with E-state index in [1.807, 2.05) is 0 Å². The summed E-state index contributed by atoms with van der Waals surface area (Å²) in [6.45, 7) is 0. The van der Waals surface area contributed by atoms with Crippen LogP contribution in [0.25, 0.3) is 0 Å². The van der Waals surface area contributed by atoms with Crippen LogP contribution in [0, 0.1) is 20.8 Å². The summed E-state index contributed by atoms with van der Waals surface area (Å²) in [6.07, 6.45) is 3.89. The minimum absolute atomic E-state index is 0.0221. The van der Waals surface area contributed by atoms with E-state index >= 15 is 0 Å². The third-order valence-corrected chi connectivity index (χ3v) is 4.54. The van der Waals surface area contributed by atoms with Gasteiger partial charge >= 0.3 is 0 Å². The number of rotatable bonds is 4. The van der Waals surface area contributed by atoms with Gasteiger partial charge in [-0.1, -0.05) is 12.8 Å². The van der Waals surface area contributed by atoms with E-state index in [9.17, 15) is 14.9 Å². The van der Waals surface area contributed by atoms with E-state index in [0.717, 1.165) is 25.7 Å². The zero-order valence-electron chi connectivity index (χ0n) is 11.3. The van der Waals surface area contributed by atoms with Gasteiger partial charge in [0.15, 0.2) is 0 Å². The summed E-state index contributed by atoms with van der Waals surface area (Å²) in [7, 11) is 0. The third-order valence-electron chi connectivity index (χ3n) is 3.56. The van der Waals surface area contributed by atoms with E-state index in [1.54, 1.807) is 0 Å². The summed E-state index contributed by atoms with van der Waals surface area (Å²) in [4.78, 5) is 22.3. The van der Waals surface area contributed by atoms with Crippen molar-refractivity contribution in [3.05, 3.63) is 39.9 Å². The smallest absolute Gasteiger partial charge is 0.269 e. The van der Waals surface area contributed by atoms with Gasteiger partial charge in [-0.3, -0.25) is 14.9 Å². The first kappa shape index (κ1) is 15.3. The molecule has 1 aromatic rings. The number of nitro benzene ring substituents is 1. The Morgan fingerprint density at radius 3 is 2.62 bits per heavy atom. The highest BCUT2D eigenvalue weighted by Crippen LogP contribution is 2.28. The number of carbonyl (C=O) groups excluding carboxylic acids is 1. The van der Waals surface area contributed by atoms with Crippen molar-refractivity contribution >= 4 is 23.4 Å². The maximum atomic E-state index is 12.2. The normalized spacial score (nSPS) is 21.3. The molecular formula is C14H15N3O3S. The van der Waals surface area contributed by atoms with Crippen molar-refractivity contribution in [3.8, 4) is 5.40 Å². The second-order valence-electron chi connectivity index (χ2n) is 4.92. The van der Waals surface area contributed by atoms with Crippen molar-refractivity contribution < 1.29 is 9.72 Å². The molecule has 1 saturated carbocycles. The summed E-state index contributed by atoms with van der Waals surface area (Å²) in [5, 5.41) is 24.5. The Bertz CT molecular complexity index is 568. The van der Waals surface area contributed by atoms with Crippen molar-refractivity contribution in [2.24, 2.45) is 0 Å². The molecule has 0 saturated heterocycles. The van der Waals surface area contributed by atoms with Crippen LogP contribution in [0.4, 0.5) is 5.69 Å². The van der Waals surface area contributed by atoms with Crippen LogP contribution in [-0.2, 0) is 0 Å².